The van der Waals surface area contributed by atoms with E-state index < -0.39 is 24.0 Å². The molecule has 0 unspecified atom stereocenters. The molecule has 1 heterocycles. The van der Waals surface area contributed by atoms with Crippen molar-refractivity contribution in [2.45, 2.75) is 32.2 Å². The maximum absolute atomic E-state index is 11.5. The number of thiazole rings is 1. The third-order valence-corrected chi connectivity index (χ3v) is 3.57. The van der Waals surface area contributed by atoms with Crippen molar-refractivity contribution in [3.05, 3.63) is 16.1 Å². The van der Waals surface area contributed by atoms with Crippen molar-refractivity contribution in [3.63, 3.8) is 0 Å². The largest absolute Gasteiger partial charge is 0.481 e. The van der Waals surface area contributed by atoms with Crippen LogP contribution in [-0.2, 0) is 16.0 Å². The number of nitrogens with one attached hydrogen (secondary N) is 2. The van der Waals surface area contributed by atoms with Gasteiger partial charge in [0, 0.05) is 30.5 Å². The molecule has 0 bridgehead atoms. The summed E-state index contributed by atoms with van der Waals surface area (Å²) in [5, 5.41) is 25.0. The zero-order valence-corrected chi connectivity index (χ0v) is 12.3. The lowest BCUT2D eigenvalue weighted by Gasteiger charge is -2.14. The van der Waals surface area contributed by atoms with E-state index in [1.54, 1.807) is 0 Å². The second-order valence-corrected chi connectivity index (χ2v) is 5.30. The summed E-state index contributed by atoms with van der Waals surface area (Å²) in [6.45, 7) is 2.20. The predicted octanol–water partition coefficient (Wildman–Crippen LogP) is 0.611. The van der Waals surface area contributed by atoms with Crippen LogP contribution in [0, 0.1) is 6.92 Å². The summed E-state index contributed by atoms with van der Waals surface area (Å²) in [4.78, 5) is 37.1. The van der Waals surface area contributed by atoms with Gasteiger partial charge in [-0.15, -0.1) is 11.3 Å². The van der Waals surface area contributed by atoms with Gasteiger partial charge in [-0.05, 0) is 13.3 Å². The van der Waals surface area contributed by atoms with E-state index in [1.807, 2.05) is 12.3 Å². The third kappa shape index (κ3) is 6.70. The SMILES string of the molecule is Cc1csc(CCNC(=O)N[C@@H](CCC(=O)O)C(=O)O)n1. The molecule has 1 rings (SSSR count). The second kappa shape index (κ2) is 8.20. The highest BCUT2D eigenvalue weighted by molar-refractivity contribution is 7.09. The Kier molecular flexibility index (Phi) is 6.60. The predicted molar refractivity (Wildman–Crippen MR) is 75.4 cm³/mol. The molecular weight excluding hydrogens is 298 g/mol. The van der Waals surface area contributed by atoms with Gasteiger partial charge in [0.1, 0.15) is 6.04 Å². The number of carbonyl (C=O) groups is 3. The summed E-state index contributed by atoms with van der Waals surface area (Å²) < 4.78 is 0. The minimum absolute atomic E-state index is 0.163. The van der Waals surface area contributed by atoms with E-state index in [0.717, 1.165) is 10.7 Å². The summed E-state index contributed by atoms with van der Waals surface area (Å²) in [6.07, 6.45) is 0.0676. The first kappa shape index (κ1) is 16.9. The Labute approximate surface area is 125 Å². The summed E-state index contributed by atoms with van der Waals surface area (Å²) >= 11 is 1.49. The van der Waals surface area contributed by atoms with Gasteiger partial charge < -0.3 is 20.8 Å². The second-order valence-electron chi connectivity index (χ2n) is 4.36. The lowest BCUT2D eigenvalue weighted by Crippen LogP contribution is -2.46. The topological polar surface area (TPSA) is 129 Å². The standard InChI is InChI=1S/C12H17N3O5S/c1-7-6-21-9(14-7)4-5-13-12(20)15-8(11(18)19)2-3-10(16)17/h6,8H,2-5H2,1H3,(H,16,17)(H,18,19)(H2,13,15,20)/t8-/m0/s1. The summed E-state index contributed by atoms with van der Waals surface area (Å²) in [6, 6.07) is -1.86. The molecule has 0 saturated heterocycles. The number of nitrogens with zero attached hydrogens (tertiary/aromatic N) is 1. The van der Waals surface area contributed by atoms with Crippen LogP contribution in [0.3, 0.4) is 0 Å². The van der Waals surface area contributed by atoms with Gasteiger partial charge in [-0.2, -0.15) is 0 Å². The molecule has 9 heteroatoms. The Balaban J connectivity index is 2.32. The molecule has 116 valence electrons. The van der Waals surface area contributed by atoms with E-state index in [0.29, 0.717) is 13.0 Å². The molecule has 2 amide bonds. The van der Waals surface area contributed by atoms with E-state index in [-0.39, 0.29) is 12.8 Å². The van der Waals surface area contributed by atoms with Gasteiger partial charge in [0.05, 0.1) is 5.01 Å². The van der Waals surface area contributed by atoms with Crippen molar-refractivity contribution in [2.24, 2.45) is 0 Å². The lowest BCUT2D eigenvalue weighted by molar-refractivity contribution is -0.140. The van der Waals surface area contributed by atoms with Crippen molar-refractivity contribution < 1.29 is 24.6 Å². The van der Waals surface area contributed by atoms with Crippen molar-refractivity contribution in [1.29, 1.82) is 0 Å². The Hall–Kier alpha value is -2.16. The average molecular weight is 315 g/mol. The van der Waals surface area contributed by atoms with Gasteiger partial charge >= 0.3 is 18.0 Å². The summed E-state index contributed by atoms with van der Waals surface area (Å²) in [5.74, 6) is -2.37. The first-order valence-electron chi connectivity index (χ1n) is 6.28. The quantitative estimate of drug-likeness (QED) is 0.556. The lowest BCUT2D eigenvalue weighted by atomic mass is 10.1. The van der Waals surface area contributed by atoms with Crippen LogP contribution >= 0.6 is 11.3 Å². The van der Waals surface area contributed by atoms with Crippen molar-refractivity contribution in [2.75, 3.05) is 6.54 Å². The van der Waals surface area contributed by atoms with Gasteiger partial charge in [-0.1, -0.05) is 0 Å². The van der Waals surface area contributed by atoms with Gasteiger partial charge in [0.25, 0.3) is 0 Å². The van der Waals surface area contributed by atoms with Crippen LogP contribution in [0.4, 0.5) is 4.79 Å². The molecule has 21 heavy (non-hydrogen) atoms. The molecule has 4 N–H and O–H groups in total. The number of carbonyl (C=O) groups excluding carboxylic acids is 1. The van der Waals surface area contributed by atoms with E-state index in [9.17, 15) is 14.4 Å². The monoisotopic (exact) mass is 315 g/mol. The highest BCUT2D eigenvalue weighted by Crippen LogP contribution is 2.08. The highest BCUT2D eigenvalue weighted by atomic mass is 32.1. The number of aromatic nitrogens is 1. The normalized spacial score (nSPS) is 11.7. The third-order valence-electron chi connectivity index (χ3n) is 2.54. The molecule has 1 aromatic rings. The summed E-state index contributed by atoms with van der Waals surface area (Å²) in [5.41, 5.74) is 0.916. The van der Waals surface area contributed by atoms with Crippen LogP contribution in [0.2, 0.25) is 0 Å². The highest BCUT2D eigenvalue weighted by Gasteiger charge is 2.20. The van der Waals surface area contributed by atoms with E-state index >= 15 is 0 Å². The molecular formula is C12H17N3O5S. The van der Waals surface area contributed by atoms with Crippen LogP contribution in [0.15, 0.2) is 5.38 Å². The fraction of sp³-hybridized carbons (Fsp3) is 0.500. The van der Waals surface area contributed by atoms with Crippen molar-refractivity contribution >= 4 is 29.3 Å². The Bertz CT molecular complexity index is 517. The zero-order chi connectivity index (χ0) is 15.8. The Morgan fingerprint density at radius 2 is 2.10 bits per heavy atom. The molecule has 0 saturated carbocycles. The minimum Gasteiger partial charge on any atom is -0.481 e. The molecule has 0 radical (unpaired) electrons. The molecule has 0 aliphatic heterocycles. The number of hydrogen-bond donors (Lipinski definition) is 4. The van der Waals surface area contributed by atoms with Crippen LogP contribution in [0.1, 0.15) is 23.5 Å². The van der Waals surface area contributed by atoms with Gasteiger partial charge in [0.2, 0.25) is 0 Å². The molecule has 0 aromatic carbocycles. The minimum atomic E-state index is -1.26. The molecule has 0 aliphatic carbocycles. The fourth-order valence-corrected chi connectivity index (χ4v) is 2.31. The van der Waals surface area contributed by atoms with Crippen molar-refractivity contribution in [1.82, 2.24) is 15.6 Å². The smallest absolute Gasteiger partial charge is 0.326 e. The number of carboxylic acids is 2. The van der Waals surface area contributed by atoms with Gasteiger partial charge in [-0.3, -0.25) is 4.79 Å². The average Bonchev–Trinajstić information content (AvgIpc) is 2.79. The maximum atomic E-state index is 11.5. The maximum Gasteiger partial charge on any atom is 0.326 e. The summed E-state index contributed by atoms with van der Waals surface area (Å²) in [7, 11) is 0. The Morgan fingerprint density at radius 3 is 2.62 bits per heavy atom. The number of aryl methyl sites for hydroxylation is 1. The van der Waals surface area contributed by atoms with Gasteiger partial charge in [0.15, 0.2) is 0 Å². The van der Waals surface area contributed by atoms with Crippen molar-refractivity contribution in [3.8, 4) is 0 Å². The van der Waals surface area contributed by atoms with Crippen LogP contribution < -0.4 is 10.6 Å². The first-order valence-corrected chi connectivity index (χ1v) is 7.16. The van der Waals surface area contributed by atoms with Crippen LogP contribution in [0.5, 0.6) is 0 Å². The molecule has 0 aliphatic rings. The van der Waals surface area contributed by atoms with E-state index in [2.05, 4.69) is 15.6 Å². The number of aliphatic carboxylic acids is 2. The molecule has 1 aromatic heterocycles. The molecule has 0 spiro atoms. The van der Waals surface area contributed by atoms with Gasteiger partial charge in [-0.25, -0.2) is 14.6 Å². The van der Waals surface area contributed by atoms with Crippen LogP contribution in [-0.4, -0.2) is 45.8 Å². The number of hydrogen-bond acceptors (Lipinski definition) is 5. The number of rotatable bonds is 8. The van der Waals surface area contributed by atoms with Crippen LogP contribution in [0.25, 0.3) is 0 Å². The van der Waals surface area contributed by atoms with E-state index in [4.69, 9.17) is 10.2 Å². The number of carboxylic acid groups (broad SMARTS) is 2. The fourth-order valence-electron chi connectivity index (χ4n) is 1.53. The first-order chi connectivity index (χ1) is 9.88. The Morgan fingerprint density at radius 1 is 1.38 bits per heavy atom. The molecule has 1 atom stereocenters. The molecule has 0 fully saturated rings. The number of amides is 2. The van der Waals surface area contributed by atoms with E-state index in [1.165, 1.54) is 11.3 Å². The number of urea groups is 1. The molecule has 8 nitrogen and oxygen atoms in total. The zero-order valence-electron chi connectivity index (χ0n) is 11.5.